The summed E-state index contributed by atoms with van der Waals surface area (Å²) in [5, 5.41) is 8.39. The zero-order valence-corrected chi connectivity index (χ0v) is 7.30. The molecule has 0 aliphatic carbocycles. The van der Waals surface area contributed by atoms with Crippen LogP contribution in [0.15, 0.2) is 36.1 Å². The van der Waals surface area contributed by atoms with E-state index in [0.29, 0.717) is 0 Å². The van der Waals surface area contributed by atoms with Crippen molar-refractivity contribution in [1.29, 1.82) is 0 Å². The van der Waals surface area contributed by atoms with Crippen LogP contribution in [0.3, 0.4) is 0 Å². The van der Waals surface area contributed by atoms with Gasteiger partial charge in [-0.3, -0.25) is 0 Å². The number of aliphatic hydroxyl groups excluding tert-OH is 1. The number of rotatable bonds is 4. The summed E-state index contributed by atoms with van der Waals surface area (Å²) < 4.78 is 0. The van der Waals surface area contributed by atoms with Crippen molar-refractivity contribution in [3.8, 4) is 0 Å². The predicted octanol–water partition coefficient (Wildman–Crippen LogP) is 3.47. The maximum Gasteiger partial charge on any atom is 1.00 e. The summed E-state index contributed by atoms with van der Waals surface area (Å²) in [4.78, 5) is 0. The normalized spacial score (nSPS) is 10.0. The van der Waals surface area contributed by atoms with E-state index in [9.17, 15) is 0 Å². The van der Waals surface area contributed by atoms with Gasteiger partial charge in [-0.25, -0.2) is 0 Å². The molecule has 1 heteroatoms. The van der Waals surface area contributed by atoms with Gasteiger partial charge in [-0.1, -0.05) is 23.8 Å². The van der Waals surface area contributed by atoms with Gasteiger partial charge in [0.05, 0.1) is 6.26 Å². The Balaban J connectivity index is 0. The molecule has 0 aliphatic heterocycles. The van der Waals surface area contributed by atoms with Gasteiger partial charge in [-0.2, -0.15) is 0 Å². The third kappa shape index (κ3) is 6.91. The summed E-state index contributed by atoms with van der Waals surface area (Å²) in [6.45, 7) is 7.91. The van der Waals surface area contributed by atoms with Crippen molar-refractivity contribution in [3.05, 3.63) is 36.1 Å². The average molecular weight is 153 g/mol. The summed E-state index contributed by atoms with van der Waals surface area (Å²) in [6.07, 6.45) is 6.74. The Kier molecular flexibility index (Phi) is 5.26. The second-order valence-corrected chi connectivity index (χ2v) is 2.79. The quantitative estimate of drug-likeness (QED) is 0.372. The molecule has 1 N–H and O–H groups in total. The third-order valence-electron chi connectivity index (χ3n) is 1.33. The first kappa shape index (κ1) is 10.0. The Morgan fingerprint density at radius 3 is 2.64 bits per heavy atom. The molecule has 0 saturated heterocycles. The van der Waals surface area contributed by atoms with Crippen LogP contribution in [-0.4, -0.2) is 5.11 Å². The lowest BCUT2D eigenvalue weighted by Gasteiger charge is -1.95. The highest BCUT2D eigenvalue weighted by Gasteiger charge is 1.86. The topological polar surface area (TPSA) is 20.2 Å². The Bertz CT molecular complexity index is 176. The monoisotopic (exact) mass is 153 g/mol. The largest absolute Gasteiger partial charge is 1.00 e. The van der Waals surface area contributed by atoms with E-state index in [4.69, 9.17) is 5.11 Å². The second kappa shape index (κ2) is 5.78. The van der Waals surface area contributed by atoms with Gasteiger partial charge < -0.3 is 5.11 Å². The molecule has 1 nitrogen and oxygen atoms in total. The summed E-state index contributed by atoms with van der Waals surface area (Å²) in [5.74, 6) is 0. The molecule has 11 heavy (non-hydrogen) atoms. The standard InChI is InChI=1S/C10H16O/c1-9(2)5-4-6-10(3)7-8-11/h5,7-8,11H,3-4,6H2,1-2H3/p+1. The zero-order valence-electron chi connectivity index (χ0n) is 8.30. The van der Waals surface area contributed by atoms with Crippen molar-refractivity contribution in [1.82, 2.24) is 0 Å². The van der Waals surface area contributed by atoms with Gasteiger partial charge in [-0.05, 0) is 32.8 Å². The van der Waals surface area contributed by atoms with Crippen molar-refractivity contribution in [3.63, 3.8) is 0 Å². The van der Waals surface area contributed by atoms with E-state index in [2.05, 4.69) is 26.5 Å². The molecular weight excluding hydrogens is 136 g/mol. The highest BCUT2D eigenvalue weighted by atomic mass is 16.2. The molecule has 0 fully saturated rings. The molecule has 0 aliphatic rings. The van der Waals surface area contributed by atoms with Gasteiger partial charge in [-0.15, -0.1) is 0 Å². The van der Waals surface area contributed by atoms with Crippen LogP contribution >= 0.6 is 0 Å². The molecule has 0 aromatic carbocycles. The first-order chi connectivity index (χ1) is 5.16. The Morgan fingerprint density at radius 1 is 1.55 bits per heavy atom. The Hall–Kier alpha value is -0.980. The lowest BCUT2D eigenvalue weighted by molar-refractivity contribution is 0.473. The van der Waals surface area contributed by atoms with Crippen LogP contribution < -0.4 is 0 Å². The predicted molar refractivity (Wildman–Crippen MR) is 50.7 cm³/mol. The molecular formula is C10H17O+. The highest BCUT2D eigenvalue weighted by molar-refractivity contribution is 5.13. The summed E-state index contributed by atoms with van der Waals surface area (Å²) in [5.41, 5.74) is 2.29. The maximum atomic E-state index is 8.39. The van der Waals surface area contributed by atoms with E-state index in [1.54, 1.807) is 6.08 Å². The number of allylic oxidation sites excluding steroid dienone is 4. The number of hydrogen-bond donors (Lipinski definition) is 1. The van der Waals surface area contributed by atoms with Crippen molar-refractivity contribution in [2.45, 2.75) is 26.7 Å². The Morgan fingerprint density at radius 2 is 2.18 bits per heavy atom. The van der Waals surface area contributed by atoms with Crippen LogP contribution in [0.25, 0.3) is 0 Å². The molecule has 62 valence electrons. The Labute approximate surface area is 70.2 Å². The van der Waals surface area contributed by atoms with Gasteiger partial charge in [0.1, 0.15) is 0 Å². The molecule has 0 saturated carbocycles. The number of hydrogen-bond acceptors (Lipinski definition) is 1. The van der Waals surface area contributed by atoms with Gasteiger partial charge in [0.15, 0.2) is 0 Å². The van der Waals surface area contributed by atoms with Gasteiger partial charge in [0.2, 0.25) is 0 Å². The van der Waals surface area contributed by atoms with Gasteiger partial charge in [0.25, 0.3) is 0 Å². The molecule has 0 aromatic rings. The minimum absolute atomic E-state index is 0. The van der Waals surface area contributed by atoms with Gasteiger partial charge in [0, 0.05) is 0 Å². The van der Waals surface area contributed by atoms with Gasteiger partial charge >= 0.3 is 1.43 Å². The highest BCUT2D eigenvalue weighted by Crippen LogP contribution is 2.05. The SMILES string of the molecule is C=C(C=CO)CCC=C(C)C.[H+]. The zero-order chi connectivity index (χ0) is 8.69. The van der Waals surface area contributed by atoms with Crippen molar-refractivity contribution in [2.75, 3.05) is 0 Å². The first-order valence-corrected chi connectivity index (χ1v) is 3.78. The van der Waals surface area contributed by atoms with Crippen LogP contribution in [0, 0.1) is 0 Å². The van der Waals surface area contributed by atoms with E-state index in [1.807, 2.05) is 0 Å². The van der Waals surface area contributed by atoms with Crippen molar-refractivity contribution < 1.29 is 6.53 Å². The van der Waals surface area contributed by atoms with Crippen LogP contribution in [0.2, 0.25) is 0 Å². The van der Waals surface area contributed by atoms with E-state index in [1.165, 1.54) is 5.57 Å². The minimum Gasteiger partial charge on any atom is -0.516 e. The molecule has 0 unspecified atom stereocenters. The number of aliphatic hydroxyl groups is 1. The fraction of sp³-hybridized carbons (Fsp3) is 0.400. The smallest absolute Gasteiger partial charge is 0.516 e. The van der Waals surface area contributed by atoms with E-state index < -0.39 is 0 Å². The summed E-state index contributed by atoms with van der Waals surface area (Å²) in [7, 11) is 0. The van der Waals surface area contributed by atoms with E-state index in [0.717, 1.165) is 24.7 Å². The molecule has 0 rings (SSSR count). The molecule has 0 aromatic heterocycles. The summed E-state index contributed by atoms with van der Waals surface area (Å²) in [6, 6.07) is 0. The van der Waals surface area contributed by atoms with Crippen LogP contribution in [0.5, 0.6) is 0 Å². The molecule has 0 radical (unpaired) electrons. The fourth-order valence-corrected chi connectivity index (χ4v) is 0.735. The summed E-state index contributed by atoms with van der Waals surface area (Å²) >= 11 is 0. The van der Waals surface area contributed by atoms with Crippen LogP contribution in [0.1, 0.15) is 28.1 Å². The third-order valence-corrected chi connectivity index (χ3v) is 1.33. The van der Waals surface area contributed by atoms with E-state index >= 15 is 0 Å². The van der Waals surface area contributed by atoms with Crippen LogP contribution in [0.4, 0.5) is 0 Å². The average Bonchev–Trinajstić information content (AvgIpc) is 1.87. The lowest BCUT2D eigenvalue weighted by atomic mass is 10.1. The molecule has 0 spiro atoms. The molecule has 0 heterocycles. The second-order valence-electron chi connectivity index (χ2n) is 2.79. The van der Waals surface area contributed by atoms with E-state index in [-0.39, 0.29) is 1.43 Å². The van der Waals surface area contributed by atoms with Crippen LogP contribution in [-0.2, 0) is 0 Å². The molecule has 0 bridgehead atoms. The molecule has 0 amide bonds. The fourth-order valence-electron chi connectivity index (χ4n) is 0.735. The van der Waals surface area contributed by atoms with Crippen molar-refractivity contribution >= 4 is 0 Å². The minimum atomic E-state index is 0. The first-order valence-electron chi connectivity index (χ1n) is 3.78. The van der Waals surface area contributed by atoms with Crippen molar-refractivity contribution in [2.24, 2.45) is 0 Å². The maximum absolute atomic E-state index is 8.39. The lowest BCUT2D eigenvalue weighted by Crippen LogP contribution is -1.75. The molecule has 0 atom stereocenters.